The number of likely N-dealkylation sites (N-methyl/N-ethyl adjacent to an activating group) is 1. The van der Waals surface area contributed by atoms with E-state index in [2.05, 4.69) is 19.0 Å². The summed E-state index contributed by atoms with van der Waals surface area (Å²) < 4.78 is 19.7. The number of hydrogen-bond acceptors (Lipinski definition) is 4. The number of hydrogen-bond donors (Lipinski definition) is 1. The number of benzene rings is 1. The molecule has 1 saturated carbocycles. The monoisotopic (exact) mass is 400 g/mol. The first-order chi connectivity index (χ1) is 12.8. The van der Waals surface area contributed by atoms with Crippen LogP contribution in [0.1, 0.15) is 23.2 Å². The van der Waals surface area contributed by atoms with Crippen LogP contribution >= 0.6 is 11.6 Å². The molecule has 1 amide bonds. The predicted molar refractivity (Wildman–Crippen MR) is 100 cm³/mol. The second-order valence-electron chi connectivity index (χ2n) is 7.24. The van der Waals surface area contributed by atoms with Crippen LogP contribution in [0.15, 0.2) is 18.2 Å². The molecule has 1 N–H and O–H groups in total. The molecule has 3 rings (SSSR count). The Morgan fingerprint density at radius 3 is 2.44 bits per heavy atom. The molecule has 0 unspecified atom stereocenters. The third-order valence-corrected chi connectivity index (χ3v) is 5.73. The summed E-state index contributed by atoms with van der Waals surface area (Å²) in [5.74, 6) is 0.0748. The van der Waals surface area contributed by atoms with Gasteiger partial charge in [-0.15, -0.1) is 0 Å². The Hall–Kier alpha value is -1.70. The van der Waals surface area contributed by atoms with Gasteiger partial charge in [0, 0.05) is 31.3 Å². The summed E-state index contributed by atoms with van der Waals surface area (Å²) in [6.07, 6.45) is 2.13. The first-order valence-electron chi connectivity index (χ1n) is 8.83. The van der Waals surface area contributed by atoms with Gasteiger partial charge in [0.1, 0.15) is 5.82 Å². The molecule has 0 spiro atoms. The zero-order chi connectivity index (χ0) is 20.1. The van der Waals surface area contributed by atoms with E-state index in [9.17, 15) is 9.18 Å². The van der Waals surface area contributed by atoms with Gasteiger partial charge in [0.25, 0.3) is 12.4 Å². The number of fused-ring (bicyclic) bond motifs is 1. The first-order valence-corrected chi connectivity index (χ1v) is 9.21. The van der Waals surface area contributed by atoms with E-state index in [-0.39, 0.29) is 24.0 Å². The van der Waals surface area contributed by atoms with Gasteiger partial charge in [-0.05, 0) is 57.0 Å². The number of halogens is 2. The Morgan fingerprint density at radius 1 is 1.33 bits per heavy atom. The van der Waals surface area contributed by atoms with E-state index in [1.807, 2.05) is 0 Å². The highest BCUT2D eigenvalue weighted by Gasteiger charge is 2.44. The summed E-state index contributed by atoms with van der Waals surface area (Å²) in [5.41, 5.74) is 0.102. The lowest BCUT2D eigenvalue weighted by Gasteiger charge is -2.40. The van der Waals surface area contributed by atoms with Crippen LogP contribution in [0.4, 0.5) is 4.39 Å². The van der Waals surface area contributed by atoms with Gasteiger partial charge >= 0.3 is 0 Å². The molecular formula is C19H26ClFN2O4. The number of carboxylic acid groups (broad SMARTS) is 1. The summed E-state index contributed by atoms with van der Waals surface area (Å²) in [7, 11) is 5.89. The second kappa shape index (κ2) is 9.48. The van der Waals surface area contributed by atoms with Crippen molar-refractivity contribution in [3.8, 4) is 0 Å². The van der Waals surface area contributed by atoms with Crippen molar-refractivity contribution < 1.29 is 23.8 Å². The zero-order valence-corrected chi connectivity index (χ0v) is 16.5. The number of nitrogens with zero attached hydrogens (tertiary/aromatic N) is 2. The van der Waals surface area contributed by atoms with E-state index >= 15 is 0 Å². The van der Waals surface area contributed by atoms with Crippen LogP contribution in [0.25, 0.3) is 0 Å². The molecule has 8 heteroatoms. The molecule has 1 aromatic carbocycles. The number of carbonyl (C=O) groups is 2. The minimum atomic E-state index is -0.552. The molecule has 1 aliphatic heterocycles. The molecule has 1 aromatic rings. The lowest BCUT2D eigenvalue weighted by molar-refractivity contribution is -0.122. The largest absolute Gasteiger partial charge is 0.483 e. The maximum absolute atomic E-state index is 14.1. The van der Waals surface area contributed by atoms with E-state index in [0.717, 1.165) is 12.8 Å². The van der Waals surface area contributed by atoms with Crippen LogP contribution in [-0.2, 0) is 9.53 Å². The molecule has 0 bridgehead atoms. The van der Waals surface area contributed by atoms with Crippen molar-refractivity contribution >= 4 is 24.0 Å². The average Bonchev–Trinajstić information content (AvgIpc) is 3.03. The molecule has 2 aliphatic rings. The Morgan fingerprint density at radius 2 is 1.93 bits per heavy atom. The second-order valence-corrected chi connectivity index (χ2v) is 7.67. The molecule has 150 valence electrons. The normalized spacial score (nSPS) is 27.0. The lowest BCUT2D eigenvalue weighted by atomic mass is 9.77. The molecule has 27 heavy (non-hydrogen) atoms. The molecule has 0 aromatic heterocycles. The fraction of sp³-hybridized carbons (Fsp3) is 0.579. The predicted octanol–water partition coefficient (Wildman–Crippen LogP) is 2.61. The molecule has 0 radical (unpaired) electrons. The van der Waals surface area contributed by atoms with Gasteiger partial charge in [-0.25, -0.2) is 4.39 Å². The van der Waals surface area contributed by atoms with Crippen molar-refractivity contribution in [2.45, 2.75) is 25.0 Å². The maximum atomic E-state index is 14.1. The fourth-order valence-electron chi connectivity index (χ4n) is 4.19. The quantitative estimate of drug-likeness (QED) is 0.790. The third kappa shape index (κ3) is 4.97. The Labute approximate surface area is 163 Å². The van der Waals surface area contributed by atoms with Crippen molar-refractivity contribution in [1.29, 1.82) is 0 Å². The molecule has 6 nitrogen and oxygen atoms in total. The van der Waals surface area contributed by atoms with E-state index in [4.69, 9.17) is 26.2 Å². The van der Waals surface area contributed by atoms with Crippen LogP contribution in [0.2, 0.25) is 5.02 Å². The average molecular weight is 401 g/mol. The summed E-state index contributed by atoms with van der Waals surface area (Å²) in [5, 5.41) is 7.19. The number of methoxy groups -OCH3 is 1. The molecule has 2 fully saturated rings. The molecule has 1 aliphatic carbocycles. The molecule has 1 saturated heterocycles. The summed E-state index contributed by atoms with van der Waals surface area (Å²) in [4.78, 5) is 25.0. The Balaban J connectivity index is 0.000000817. The van der Waals surface area contributed by atoms with Crippen molar-refractivity contribution in [2.75, 3.05) is 34.3 Å². The number of rotatable bonds is 3. The molecule has 1 heterocycles. The number of amides is 1. The van der Waals surface area contributed by atoms with Gasteiger partial charge in [-0.1, -0.05) is 11.6 Å². The molecular weight excluding hydrogens is 375 g/mol. The standard InChI is InChI=1S/C18H24ClFN2O2.CH2O2/c1-21(2)16-6-11-9-22(10-12(11)7-17(16)24-3)18(23)14-5-4-13(19)8-15(14)20;2-1-3/h4-5,8,11-12,16-17H,6-7,9-10H2,1-3H3;1H,(H,2,3)/t11-,12+,16-,17-;/m1./s1. The molecule has 4 atom stereocenters. The van der Waals surface area contributed by atoms with E-state index in [1.54, 1.807) is 18.1 Å². The Kier molecular flexibility index (Phi) is 7.59. The minimum absolute atomic E-state index is 0.102. The topological polar surface area (TPSA) is 70.1 Å². The maximum Gasteiger partial charge on any atom is 0.290 e. The van der Waals surface area contributed by atoms with Crippen molar-refractivity contribution in [1.82, 2.24) is 9.80 Å². The van der Waals surface area contributed by atoms with E-state index < -0.39 is 5.82 Å². The smallest absolute Gasteiger partial charge is 0.290 e. The van der Waals surface area contributed by atoms with Gasteiger partial charge in [0.05, 0.1) is 11.7 Å². The highest BCUT2D eigenvalue weighted by Crippen LogP contribution is 2.39. The van der Waals surface area contributed by atoms with Crippen LogP contribution < -0.4 is 0 Å². The van der Waals surface area contributed by atoms with E-state index in [0.29, 0.717) is 36.0 Å². The van der Waals surface area contributed by atoms with Gasteiger partial charge in [0.2, 0.25) is 0 Å². The lowest BCUT2D eigenvalue weighted by Crippen LogP contribution is -2.47. The van der Waals surface area contributed by atoms with Crippen molar-refractivity contribution in [3.63, 3.8) is 0 Å². The van der Waals surface area contributed by atoms with Crippen molar-refractivity contribution in [2.24, 2.45) is 11.8 Å². The van der Waals surface area contributed by atoms with Crippen LogP contribution in [0, 0.1) is 17.7 Å². The first kappa shape index (κ1) is 21.6. The summed E-state index contributed by atoms with van der Waals surface area (Å²) >= 11 is 5.78. The number of carbonyl (C=O) groups excluding carboxylic acids is 1. The highest BCUT2D eigenvalue weighted by atomic mass is 35.5. The van der Waals surface area contributed by atoms with Crippen LogP contribution in [0.5, 0.6) is 0 Å². The summed E-state index contributed by atoms with van der Waals surface area (Å²) in [6.45, 7) is 1.11. The fourth-order valence-corrected chi connectivity index (χ4v) is 4.34. The van der Waals surface area contributed by atoms with E-state index in [1.165, 1.54) is 12.1 Å². The van der Waals surface area contributed by atoms with Crippen LogP contribution in [0.3, 0.4) is 0 Å². The third-order valence-electron chi connectivity index (χ3n) is 5.50. The highest BCUT2D eigenvalue weighted by molar-refractivity contribution is 6.30. The SMILES string of the molecule is CO[C@@H]1C[C@H]2CN(C(=O)c3ccc(Cl)cc3F)C[C@H]2C[C@H]1N(C)C.O=CO. The van der Waals surface area contributed by atoms with Crippen LogP contribution in [-0.4, -0.2) is 73.7 Å². The summed E-state index contributed by atoms with van der Waals surface area (Å²) in [6, 6.07) is 4.59. The van der Waals surface area contributed by atoms with Gasteiger partial charge in [0.15, 0.2) is 0 Å². The van der Waals surface area contributed by atoms with Gasteiger partial charge in [-0.3, -0.25) is 9.59 Å². The Bertz CT molecular complexity index is 673. The van der Waals surface area contributed by atoms with Gasteiger partial charge < -0.3 is 19.6 Å². The minimum Gasteiger partial charge on any atom is -0.483 e. The van der Waals surface area contributed by atoms with Gasteiger partial charge in [-0.2, -0.15) is 0 Å². The zero-order valence-electron chi connectivity index (χ0n) is 15.8. The van der Waals surface area contributed by atoms with Crippen molar-refractivity contribution in [3.05, 3.63) is 34.6 Å². The number of likely N-dealkylation sites (tertiary alicyclic amines) is 1. The number of ether oxygens (including phenoxy) is 1.